The molecule has 2 heterocycles. The van der Waals surface area contributed by atoms with E-state index < -0.39 is 0 Å². The molecule has 0 spiro atoms. The van der Waals surface area contributed by atoms with E-state index in [0.29, 0.717) is 11.5 Å². The van der Waals surface area contributed by atoms with E-state index in [4.69, 9.17) is 0 Å². The number of aromatic nitrogens is 3. The average Bonchev–Trinajstić information content (AvgIpc) is 2.75. The number of hydrogen-bond donors (Lipinski definition) is 1. The number of pyridine rings is 1. The first-order valence-electron chi connectivity index (χ1n) is 5.82. The van der Waals surface area contributed by atoms with Gasteiger partial charge in [0, 0.05) is 18.6 Å². The molecule has 6 heteroatoms. The molecule has 1 amide bonds. The fraction of sp³-hybridized carbons (Fsp3) is 0.231. The van der Waals surface area contributed by atoms with E-state index in [-0.39, 0.29) is 18.1 Å². The average molecular weight is 258 g/mol. The van der Waals surface area contributed by atoms with Crippen molar-refractivity contribution in [2.75, 3.05) is 5.32 Å². The Kier molecular flexibility index (Phi) is 3.70. The van der Waals surface area contributed by atoms with Gasteiger partial charge in [-0.2, -0.15) is 0 Å². The number of ketones is 1. The minimum absolute atomic E-state index is 0.142. The van der Waals surface area contributed by atoms with Crippen LogP contribution in [0, 0.1) is 6.92 Å². The van der Waals surface area contributed by atoms with E-state index >= 15 is 0 Å². The Bertz CT molecular complexity index is 619. The molecule has 0 aliphatic heterocycles. The number of hydrogen-bond acceptors (Lipinski definition) is 4. The second-order valence-electron chi connectivity index (χ2n) is 4.15. The van der Waals surface area contributed by atoms with Crippen LogP contribution in [-0.2, 0) is 9.59 Å². The summed E-state index contributed by atoms with van der Waals surface area (Å²) in [6.45, 7) is 3.22. The highest BCUT2D eigenvalue weighted by atomic mass is 16.2. The third-order valence-corrected chi connectivity index (χ3v) is 2.52. The highest BCUT2D eigenvalue weighted by Crippen LogP contribution is 2.18. The number of rotatable bonds is 4. The van der Waals surface area contributed by atoms with Gasteiger partial charge >= 0.3 is 0 Å². The zero-order valence-electron chi connectivity index (χ0n) is 10.8. The smallest absolute Gasteiger partial charge is 0.231 e. The third kappa shape index (κ3) is 3.04. The molecule has 0 aromatic carbocycles. The van der Waals surface area contributed by atoms with E-state index in [9.17, 15) is 9.59 Å². The quantitative estimate of drug-likeness (QED) is 0.843. The number of nitrogens with one attached hydrogen (secondary N) is 1. The van der Waals surface area contributed by atoms with Crippen LogP contribution in [0.15, 0.2) is 30.7 Å². The summed E-state index contributed by atoms with van der Waals surface area (Å²) in [5.41, 5.74) is 0.551. The molecule has 98 valence electrons. The number of nitrogens with zero attached hydrogens (tertiary/aromatic N) is 3. The van der Waals surface area contributed by atoms with Gasteiger partial charge in [-0.25, -0.2) is 9.97 Å². The Morgan fingerprint density at radius 3 is 2.74 bits per heavy atom. The SMILES string of the molecule is CC(=O)CC(=O)Nc1cccnc1-n1ccnc1C. The van der Waals surface area contributed by atoms with Gasteiger partial charge in [-0.15, -0.1) is 0 Å². The predicted molar refractivity (Wildman–Crippen MR) is 70.0 cm³/mol. The van der Waals surface area contributed by atoms with Crippen LogP contribution in [0.3, 0.4) is 0 Å². The summed E-state index contributed by atoms with van der Waals surface area (Å²) in [4.78, 5) is 30.9. The number of carbonyl (C=O) groups is 2. The maximum absolute atomic E-state index is 11.6. The summed E-state index contributed by atoms with van der Waals surface area (Å²) in [5, 5.41) is 2.69. The Balaban J connectivity index is 2.30. The highest BCUT2D eigenvalue weighted by Gasteiger charge is 2.11. The molecular weight excluding hydrogens is 244 g/mol. The van der Waals surface area contributed by atoms with Crippen LogP contribution in [0.2, 0.25) is 0 Å². The van der Waals surface area contributed by atoms with E-state index in [0.717, 1.165) is 5.82 Å². The molecule has 0 unspecified atom stereocenters. The standard InChI is InChI=1S/C13H14N4O2/c1-9(18)8-12(19)16-11-4-3-5-15-13(11)17-7-6-14-10(17)2/h3-7H,8H2,1-2H3,(H,16,19). The molecule has 0 radical (unpaired) electrons. The molecular formula is C13H14N4O2. The van der Waals surface area contributed by atoms with Crippen molar-refractivity contribution < 1.29 is 9.59 Å². The molecule has 0 saturated heterocycles. The number of amides is 1. The lowest BCUT2D eigenvalue weighted by molar-refractivity contribution is -0.124. The summed E-state index contributed by atoms with van der Waals surface area (Å²) in [5.74, 6) is 0.816. The van der Waals surface area contributed by atoms with Gasteiger partial charge < -0.3 is 5.32 Å². The molecule has 0 saturated carbocycles. The molecule has 0 fully saturated rings. The Hall–Kier alpha value is -2.50. The molecule has 2 aromatic rings. The fourth-order valence-electron chi connectivity index (χ4n) is 1.71. The van der Waals surface area contributed by atoms with E-state index in [1.165, 1.54) is 6.92 Å². The first-order valence-corrected chi connectivity index (χ1v) is 5.82. The lowest BCUT2D eigenvalue weighted by atomic mass is 10.3. The summed E-state index contributed by atoms with van der Waals surface area (Å²) in [7, 11) is 0. The van der Waals surface area contributed by atoms with Crippen molar-refractivity contribution in [2.45, 2.75) is 20.3 Å². The topological polar surface area (TPSA) is 76.9 Å². The van der Waals surface area contributed by atoms with Gasteiger partial charge in [-0.1, -0.05) is 0 Å². The largest absolute Gasteiger partial charge is 0.323 e. The Labute approximate surface area is 110 Å². The molecule has 0 aliphatic carbocycles. The molecule has 0 bridgehead atoms. The van der Waals surface area contributed by atoms with Crippen molar-refractivity contribution in [1.29, 1.82) is 0 Å². The van der Waals surface area contributed by atoms with Crippen LogP contribution in [0.4, 0.5) is 5.69 Å². The van der Waals surface area contributed by atoms with Crippen LogP contribution in [-0.4, -0.2) is 26.2 Å². The Morgan fingerprint density at radius 2 is 2.11 bits per heavy atom. The molecule has 0 atom stereocenters. The van der Waals surface area contributed by atoms with Gasteiger partial charge in [0.15, 0.2) is 5.82 Å². The fourth-order valence-corrected chi connectivity index (χ4v) is 1.71. The van der Waals surface area contributed by atoms with E-state index in [2.05, 4.69) is 15.3 Å². The van der Waals surface area contributed by atoms with E-state index in [1.54, 1.807) is 35.3 Å². The van der Waals surface area contributed by atoms with E-state index in [1.807, 2.05) is 6.92 Å². The van der Waals surface area contributed by atoms with Crippen LogP contribution in [0.1, 0.15) is 19.2 Å². The third-order valence-electron chi connectivity index (χ3n) is 2.52. The predicted octanol–water partition coefficient (Wildman–Crippen LogP) is 1.49. The normalized spacial score (nSPS) is 10.2. The molecule has 2 rings (SSSR count). The van der Waals surface area contributed by atoms with Crippen LogP contribution < -0.4 is 5.32 Å². The minimum atomic E-state index is -0.348. The number of anilines is 1. The first-order chi connectivity index (χ1) is 9.08. The monoisotopic (exact) mass is 258 g/mol. The molecule has 19 heavy (non-hydrogen) atoms. The van der Waals surface area contributed by atoms with Crippen molar-refractivity contribution >= 4 is 17.4 Å². The lowest BCUT2D eigenvalue weighted by Crippen LogP contribution is -2.16. The first kappa shape index (κ1) is 12.9. The zero-order valence-corrected chi connectivity index (χ0v) is 10.8. The number of carbonyl (C=O) groups excluding carboxylic acids is 2. The maximum atomic E-state index is 11.6. The van der Waals surface area contributed by atoms with Gasteiger partial charge in [0.1, 0.15) is 11.6 Å². The molecule has 0 aliphatic rings. The van der Waals surface area contributed by atoms with Crippen LogP contribution >= 0.6 is 0 Å². The van der Waals surface area contributed by atoms with Crippen LogP contribution in [0.25, 0.3) is 5.82 Å². The van der Waals surface area contributed by atoms with Gasteiger partial charge in [-0.3, -0.25) is 14.2 Å². The van der Waals surface area contributed by atoms with Crippen molar-refractivity contribution in [3.05, 3.63) is 36.5 Å². The second-order valence-corrected chi connectivity index (χ2v) is 4.15. The number of imidazole rings is 1. The van der Waals surface area contributed by atoms with Crippen molar-refractivity contribution in [3.63, 3.8) is 0 Å². The summed E-state index contributed by atoms with van der Waals surface area (Å²) in [6.07, 6.45) is 4.91. The van der Waals surface area contributed by atoms with Crippen molar-refractivity contribution in [3.8, 4) is 5.82 Å². The maximum Gasteiger partial charge on any atom is 0.231 e. The van der Waals surface area contributed by atoms with Gasteiger partial charge in [0.2, 0.25) is 5.91 Å². The number of Topliss-reactive ketones (excluding diaryl/α,β-unsaturated/α-hetero) is 1. The summed E-state index contributed by atoms with van der Waals surface area (Å²) < 4.78 is 1.77. The zero-order chi connectivity index (χ0) is 13.8. The summed E-state index contributed by atoms with van der Waals surface area (Å²) in [6, 6.07) is 3.46. The van der Waals surface area contributed by atoms with Gasteiger partial charge in [0.05, 0.1) is 12.1 Å². The van der Waals surface area contributed by atoms with Crippen molar-refractivity contribution in [2.24, 2.45) is 0 Å². The lowest BCUT2D eigenvalue weighted by Gasteiger charge is -2.11. The van der Waals surface area contributed by atoms with Gasteiger partial charge in [0.25, 0.3) is 0 Å². The highest BCUT2D eigenvalue weighted by molar-refractivity contribution is 6.04. The molecule has 2 aromatic heterocycles. The molecule has 6 nitrogen and oxygen atoms in total. The number of aryl methyl sites for hydroxylation is 1. The minimum Gasteiger partial charge on any atom is -0.323 e. The second kappa shape index (κ2) is 5.43. The van der Waals surface area contributed by atoms with Gasteiger partial charge in [-0.05, 0) is 26.0 Å². The van der Waals surface area contributed by atoms with Crippen molar-refractivity contribution in [1.82, 2.24) is 14.5 Å². The summed E-state index contributed by atoms with van der Waals surface area (Å²) >= 11 is 0. The Morgan fingerprint density at radius 1 is 1.32 bits per heavy atom. The van der Waals surface area contributed by atoms with Crippen LogP contribution in [0.5, 0.6) is 0 Å². The molecule has 1 N–H and O–H groups in total.